The minimum atomic E-state index is -1.89. The van der Waals surface area contributed by atoms with Gasteiger partial charge in [-0.05, 0) is 52.9 Å². The van der Waals surface area contributed by atoms with Crippen LogP contribution in [-0.2, 0) is 17.7 Å². The van der Waals surface area contributed by atoms with E-state index in [0.29, 0.717) is 0 Å². The summed E-state index contributed by atoms with van der Waals surface area (Å²) in [5, 5.41) is 0. The summed E-state index contributed by atoms with van der Waals surface area (Å²) in [5.41, 5.74) is 0. The Labute approximate surface area is 165 Å². The van der Waals surface area contributed by atoms with Crippen molar-refractivity contribution in [2.75, 3.05) is 26.4 Å². The molecule has 0 aromatic heterocycles. The third-order valence-electron chi connectivity index (χ3n) is 4.81. The fraction of sp³-hybridized carbons (Fsp3) is 1.00. The molecule has 26 heavy (non-hydrogen) atoms. The summed E-state index contributed by atoms with van der Waals surface area (Å²) in [6.45, 7) is 15.8. The highest BCUT2D eigenvalue weighted by molar-refractivity contribution is 6.66. The molecular formula is C20H46O4Si2. The van der Waals surface area contributed by atoms with Gasteiger partial charge in [-0.1, -0.05) is 51.4 Å². The van der Waals surface area contributed by atoms with Gasteiger partial charge in [0.2, 0.25) is 0 Å². The zero-order valence-corrected chi connectivity index (χ0v) is 20.5. The molecule has 0 spiro atoms. The van der Waals surface area contributed by atoms with Crippen molar-refractivity contribution in [2.24, 2.45) is 0 Å². The van der Waals surface area contributed by atoms with E-state index in [0.717, 1.165) is 38.5 Å². The van der Waals surface area contributed by atoms with Crippen molar-refractivity contribution < 1.29 is 17.7 Å². The van der Waals surface area contributed by atoms with Gasteiger partial charge in [0, 0.05) is 26.4 Å². The summed E-state index contributed by atoms with van der Waals surface area (Å²) in [4.78, 5) is 0. The van der Waals surface area contributed by atoms with Crippen LogP contribution in [0.15, 0.2) is 0 Å². The first kappa shape index (κ1) is 26.3. The molecule has 0 aromatic rings. The Morgan fingerprint density at radius 1 is 0.423 bits per heavy atom. The number of hydrogen-bond acceptors (Lipinski definition) is 4. The second kappa shape index (κ2) is 16.2. The van der Waals surface area contributed by atoms with Gasteiger partial charge in [0.25, 0.3) is 0 Å². The Bertz CT molecular complexity index is 274. The molecule has 0 bridgehead atoms. The Hall–Kier alpha value is 0.274. The number of hydrogen-bond donors (Lipinski definition) is 0. The molecule has 0 amide bonds. The SMILES string of the molecule is CCO[Si](C)(CCCCCCCCCC[Si](C)(OCC)OCC)OCC. The molecule has 158 valence electrons. The molecule has 0 saturated carbocycles. The average Bonchev–Trinajstić information content (AvgIpc) is 2.57. The minimum Gasteiger partial charge on any atom is -0.395 e. The lowest BCUT2D eigenvalue weighted by molar-refractivity contribution is 0.187. The maximum atomic E-state index is 5.90. The first-order valence-corrected chi connectivity index (χ1v) is 16.1. The Morgan fingerprint density at radius 2 is 0.654 bits per heavy atom. The lowest BCUT2D eigenvalue weighted by atomic mass is 10.1. The van der Waals surface area contributed by atoms with Crippen molar-refractivity contribution in [3.05, 3.63) is 0 Å². The van der Waals surface area contributed by atoms with Crippen LogP contribution in [-0.4, -0.2) is 43.5 Å². The van der Waals surface area contributed by atoms with Crippen LogP contribution in [0.1, 0.15) is 79.1 Å². The predicted molar refractivity (Wildman–Crippen MR) is 116 cm³/mol. The summed E-state index contributed by atoms with van der Waals surface area (Å²) in [6, 6.07) is 2.26. The molecule has 0 N–H and O–H groups in total. The topological polar surface area (TPSA) is 36.9 Å². The van der Waals surface area contributed by atoms with Crippen LogP contribution in [0.2, 0.25) is 25.2 Å². The van der Waals surface area contributed by atoms with Crippen LogP contribution in [0.25, 0.3) is 0 Å². The van der Waals surface area contributed by atoms with Gasteiger partial charge >= 0.3 is 17.1 Å². The zero-order valence-electron chi connectivity index (χ0n) is 18.5. The monoisotopic (exact) mass is 406 g/mol. The van der Waals surface area contributed by atoms with E-state index in [-0.39, 0.29) is 0 Å². The highest BCUT2D eigenvalue weighted by Gasteiger charge is 2.30. The molecule has 0 saturated heterocycles. The van der Waals surface area contributed by atoms with Crippen LogP contribution < -0.4 is 0 Å². The number of unbranched alkanes of at least 4 members (excludes halogenated alkanes) is 7. The molecule has 0 aliphatic carbocycles. The molecule has 0 aromatic carbocycles. The average molecular weight is 407 g/mol. The molecule has 0 unspecified atom stereocenters. The molecule has 0 heterocycles. The number of rotatable bonds is 19. The molecule has 0 rings (SSSR count). The van der Waals surface area contributed by atoms with E-state index in [1.807, 2.05) is 0 Å². The summed E-state index contributed by atoms with van der Waals surface area (Å²) >= 11 is 0. The Morgan fingerprint density at radius 3 is 0.885 bits per heavy atom. The van der Waals surface area contributed by atoms with Crippen LogP contribution >= 0.6 is 0 Å². The largest absolute Gasteiger partial charge is 0.395 e. The lowest BCUT2D eigenvalue weighted by Crippen LogP contribution is -2.38. The third kappa shape index (κ3) is 13.4. The maximum absolute atomic E-state index is 5.90. The van der Waals surface area contributed by atoms with Gasteiger partial charge in [0.05, 0.1) is 0 Å². The molecule has 0 aliphatic heterocycles. The Balaban J connectivity index is 3.64. The van der Waals surface area contributed by atoms with Gasteiger partial charge in [-0.25, -0.2) is 0 Å². The summed E-state index contributed by atoms with van der Waals surface area (Å²) in [6.07, 6.45) is 10.5. The van der Waals surface area contributed by atoms with Crippen molar-refractivity contribution >= 4 is 17.1 Å². The molecule has 6 heteroatoms. The van der Waals surface area contributed by atoms with E-state index in [9.17, 15) is 0 Å². The van der Waals surface area contributed by atoms with Gasteiger partial charge < -0.3 is 17.7 Å². The smallest absolute Gasteiger partial charge is 0.334 e. The summed E-state index contributed by atoms with van der Waals surface area (Å²) in [5.74, 6) is 0. The van der Waals surface area contributed by atoms with Crippen molar-refractivity contribution in [1.82, 2.24) is 0 Å². The van der Waals surface area contributed by atoms with E-state index >= 15 is 0 Å². The second-order valence-corrected chi connectivity index (χ2v) is 14.0. The van der Waals surface area contributed by atoms with E-state index in [1.54, 1.807) is 0 Å². The van der Waals surface area contributed by atoms with Gasteiger partial charge in [0.15, 0.2) is 0 Å². The highest BCUT2D eigenvalue weighted by atomic mass is 28.4. The maximum Gasteiger partial charge on any atom is 0.334 e. The van der Waals surface area contributed by atoms with E-state index < -0.39 is 17.1 Å². The van der Waals surface area contributed by atoms with Gasteiger partial charge in [-0.3, -0.25) is 0 Å². The van der Waals surface area contributed by atoms with Gasteiger partial charge in [-0.2, -0.15) is 0 Å². The molecule has 0 fully saturated rings. The van der Waals surface area contributed by atoms with E-state index in [1.165, 1.54) is 51.4 Å². The fourth-order valence-electron chi connectivity index (χ4n) is 3.55. The quantitative estimate of drug-likeness (QED) is 0.184. The van der Waals surface area contributed by atoms with Crippen molar-refractivity contribution in [3.63, 3.8) is 0 Å². The standard InChI is InChI=1S/C20H46O4Si2/c1-7-21-25(5,22-8-2)19-17-15-13-11-12-14-16-18-20-26(6,23-9-3)24-10-4/h7-20H2,1-6H3. The van der Waals surface area contributed by atoms with Crippen LogP contribution in [0, 0.1) is 0 Å². The second-order valence-electron chi connectivity index (χ2n) is 7.33. The van der Waals surface area contributed by atoms with Crippen molar-refractivity contribution in [1.29, 1.82) is 0 Å². The van der Waals surface area contributed by atoms with Gasteiger partial charge in [0.1, 0.15) is 0 Å². The molecule has 0 radical (unpaired) electrons. The van der Waals surface area contributed by atoms with Crippen LogP contribution in [0.3, 0.4) is 0 Å². The summed E-state index contributed by atoms with van der Waals surface area (Å²) < 4.78 is 23.6. The summed E-state index contributed by atoms with van der Waals surface area (Å²) in [7, 11) is -3.77. The predicted octanol–water partition coefficient (Wildman–Crippen LogP) is 6.40. The van der Waals surface area contributed by atoms with E-state index in [2.05, 4.69) is 40.8 Å². The van der Waals surface area contributed by atoms with Crippen molar-refractivity contribution in [2.45, 2.75) is 104 Å². The van der Waals surface area contributed by atoms with E-state index in [4.69, 9.17) is 17.7 Å². The fourth-order valence-corrected chi connectivity index (χ4v) is 8.52. The minimum absolute atomic E-state index is 0.775. The highest BCUT2D eigenvalue weighted by Crippen LogP contribution is 2.21. The first-order chi connectivity index (χ1) is 12.4. The Kier molecular flexibility index (Phi) is 16.4. The first-order valence-electron chi connectivity index (χ1n) is 11.0. The third-order valence-corrected chi connectivity index (χ3v) is 10.9. The van der Waals surface area contributed by atoms with Crippen molar-refractivity contribution in [3.8, 4) is 0 Å². The lowest BCUT2D eigenvalue weighted by Gasteiger charge is -2.26. The molecule has 0 aliphatic rings. The normalized spacial score (nSPS) is 12.7. The molecule has 0 atom stereocenters. The molecular weight excluding hydrogens is 360 g/mol. The molecule has 4 nitrogen and oxygen atoms in total. The zero-order chi connectivity index (χ0) is 19.7. The van der Waals surface area contributed by atoms with Crippen LogP contribution in [0.5, 0.6) is 0 Å². The van der Waals surface area contributed by atoms with Crippen LogP contribution in [0.4, 0.5) is 0 Å². The van der Waals surface area contributed by atoms with Gasteiger partial charge in [-0.15, -0.1) is 0 Å².